The summed E-state index contributed by atoms with van der Waals surface area (Å²) in [6.07, 6.45) is 4.33. The average molecular weight is 486 g/mol. The largest absolute Gasteiger partial charge is 0.422 e. The minimum atomic E-state index is -0.617. The highest BCUT2D eigenvalue weighted by molar-refractivity contribution is 6.25. The number of carbonyl (C=O) groups excluding carboxylic acids is 6. The summed E-state index contributed by atoms with van der Waals surface area (Å²) in [6.45, 7) is 0. The van der Waals surface area contributed by atoms with Crippen LogP contribution in [-0.4, -0.2) is 35.1 Å². The first-order valence-corrected chi connectivity index (χ1v) is 11.6. The van der Waals surface area contributed by atoms with E-state index in [-0.39, 0.29) is 58.2 Å². The molecule has 0 saturated carbocycles. The van der Waals surface area contributed by atoms with Crippen LogP contribution in [0.1, 0.15) is 80.0 Å². The highest BCUT2D eigenvalue weighted by Crippen LogP contribution is 2.24. The summed E-state index contributed by atoms with van der Waals surface area (Å²) in [7, 11) is 0. The van der Waals surface area contributed by atoms with Gasteiger partial charge in [-0.15, -0.1) is 0 Å². The molecule has 0 atom stereocenters. The third-order valence-electron chi connectivity index (χ3n) is 5.81. The molecule has 0 unspecified atom stereocenters. The number of ketones is 4. The number of carbonyl (C=O) groups is 6. The lowest BCUT2D eigenvalue weighted by Gasteiger charge is -2.14. The van der Waals surface area contributed by atoms with E-state index < -0.39 is 23.5 Å². The van der Waals surface area contributed by atoms with E-state index in [9.17, 15) is 28.8 Å². The molecule has 2 aliphatic rings. The lowest BCUT2D eigenvalue weighted by Crippen LogP contribution is -2.20. The molecule has 2 aromatic rings. The number of ether oxygens (including phenoxy) is 2. The zero-order chi connectivity index (χ0) is 25.7. The van der Waals surface area contributed by atoms with Crippen LogP contribution < -0.4 is 0 Å². The van der Waals surface area contributed by atoms with Crippen molar-refractivity contribution in [1.29, 1.82) is 0 Å². The Labute approximate surface area is 206 Å². The smallest absolute Gasteiger partial charge is 0.311 e. The van der Waals surface area contributed by atoms with Crippen LogP contribution in [0.2, 0.25) is 0 Å². The molecule has 0 amide bonds. The minimum absolute atomic E-state index is 0.0494. The Morgan fingerprint density at radius 1 is 0.528 bits per heavy atom. The molecular weight excluding hydrogens is 464 g/mol. The zero-order valence-electron chi connectivity index (χ0n) is 19.3. The first kappa shape index (κ1) is 24.7. The van der Waals surface area contributed by atoms with Crippen molar-refractivity contribution in [3.8, 4) is 0 Å². The van der Waals surface area contributed by atoms with Crippen molar-refractivity contribution >= 4 is 35.1 Å². The van der Waals surface area contributed by atoms with Crippen molar-refractivity contribution in [3.63, 3.8) is 0 Å². The van der Waals surface area contributed by atoms with E-state index >= 15 is 0 Å². The average Bonchev–Trinajstić information content (AvgIpc) is 2.87. The molecular formula is C28H22O8. The predicted octanol–water partition coefficient (Wildman–Crippen LogP) is 4.34. The number of hydrogen-bond acceptors (Lipinski definition) is 8. The monoisotopic (exact) mass is 486 g/mol. The molecule has 0 saturated heterocycles. The fraction of sp³-hybridized carbons (Fsp3) is 0.214. The zero-order valence-corrected chi connectivity index (χ0v) is 19.3. The molecule has 0 bridgehead atoms. The topological polar surface area (TPSA) is 121 Å². The molecule has 8 nitrogen and oxygen atoms in total. The standard InChI is InChI=1S/C28H22O8/c29-21-15-23(27(33)19-11-7-5-9-17(19)21)35-25(31)13-3-1-2-4-14-26(32)36-24-16-22(30)18-10-6-8-12-20(18)28(24)34/h5-12,15-16H,1-4,13-14H2. The third-order valence-corrected chi connectivity index (χ3v) is 5.81. The number of allylic oxidation sites excluding steroid dienone is 4. The van der Waals surface area contributed by atoms with Crippen LogP contribution in [0, 0.1) is 0 Å². The number of hydrogen-bond donors (Lipinski definition) is 0. The molecule has 0 N–H and O–H groups in total. The second-order valence-electron chi connectivity index (χ2n) is 8.36. The summed E-state index contributed by atoms with van der Waals surface area (Å²) >= 11 is 0. The molecule has 36 heavy (non-hydrogen) atoms. The molecule has 0 fully saturated rings. The van der Waals surface area contributed by atoms with Gasteiger partial charge >= 0.3 is 11.9 Å². The van der Waals surface area contributed by atoms with Crippen molar-refractivity contribution < 1.29 is 38.2 Å². The molecule has 8 heteroatoms. The van der Waals surface area contributed by atoms with Crippen LogP contribution >= 0.6 is 0 Å². The summed E-state index contributed by atoms with van der Waals surface area (Å²) in [6, 6.07) is 12.7. The molecule has 0 aliphatic heterocycles. The molecule has 0 heterocycles. The summed E-state index contributed by atoms with van der Waals surface area (Å²) < 4.78 is 10.2. The van der Waals surface area contributed by atoms with Gasteiger partial charge in [-0.05, 0) is 12.8 Å². The molecule has 0 aromatic heterocycles. The molecule has 4 rings (SSSR count). The second kappa shape index (κ2) is 10.9. The first-order valence-electron chi connectivity index (χ1n) is 11.6. The van der Waals surface area contributed by atoms with Gasteiger partial charge in [-0.2, -0.15) is 0 Å². The molecule has 2 aromatic carbocycles. The number of rotatable bonds is 9. The van der Waals surface area contributed by atoms with Crippen molar-refractivity contribution in [2.24, 2.45) is 0 Å². The number of esters is 2. The van der Waals surface area contributed by atoms with Crippen molar-refractivity contribution in [3.05, 3.63) is 94.5 Å². The number of fused-ring (bicyclic) bond motifs is 2. The van der Waals surface area contributed by atoms with E-state index in [2.05, 4.69) is 0 Å². The Bertz CT molecular complexity index is 1240. The van der Waals surface area contributed by atoms with Crippen LogP contribution in [0.3, 0.4) is 0 Å². The van der Waals surface area contributed by atoms with Crippen molar-refractivity contribution in [1.82, 2.24) is 0 Å². The Morgan fingerprint density at radius 3 is 1.28 bits per heavy atom. The quantitative estimate of drug-likeness (QED) is 0.379. The van der Waals surface area contributed by atoms with Gasteiger partial charge in [0.05, 0.1) is 0 Å². The van der Waals surface area contributed by atoms with Gasteiger partial charge in [0.15, 0.2) is 23.1 Å². The van der Waals surface area contributed by atoms with Crippen LogP contribution in [0.25, 0.3) is 0 Å². The van der Waals surface area contributed by atoms with Crippen LogP contribution in [0.15, 0.2) is 72.2 Å². The van der Waals surface area contributed by atoms with Gasteiger partial charge in [0.1, 0.15) is 0 Å². The van der Waals surface area contributed by atoms with Gasteiger partial charge in [0, 0.05) is 47.2 Å². The maximum Gasteiger partial charge on any atom is 0.311 e. The van der Waals surface area contributed by atoms with E-state index in [0.29, 0.717) is 25.7 Å². The number of Topliss-reactive ketones (excluding diaryl/α,β-unsaturated/α-hetero) is 2. The maximum absolute atomic E-state index is 12.4. The number of unbranched alkanes of at least 4 members (excludes halogenated alkanes) is 3. The van der Waals surface area contributed by atoms with E-state index in [1.54, 1.807) is 36.4 Å². The fourth-order valence-corrected chi connectivity index (χ4v) is 3.97. The lowest BCUT2D eigenvalue weighted by atomic mass is 9.94. The van der Waals surface area contributed by atoms with Crippen LogP contribution in [0.4, 0.5) is 0 Å². The summed E-state index contributed by atoms with van der Waals surface area (Å²) in [5.74, 6) is -3.58. The lowest BCUT2D eigenvalue weighted by molar-refractivity contribution is -0.140. The first-order chi connectivity index (χ1) is 17.3. The van der Waals surface area contributed by atoms with E-state index in [1.165, 1.54) is 12.1 Å². The number of benzene rings is 2. The van der Waals surface area contributed by atoms with Gasteiger partial charge in [-0.1, -0.05) is 61.4 Å². The fourth-order valence-electron chi connectivity index (χ4n) is 3.97. The van der Waals surface area contributed by atoms with Gasteiger partial charge in [-0.3, -0.25) is 28.8 Å². The molecule has 2 aliphatic carbocycles. The predicted molar refractivity (Wildman–Crippen MR) is 126 cm³/mol. The van der Waals surface area contributed by atoms with E-state index in [1.807, 2.05) is 0 Å². The summed E-state index contributed by atoms with van der Waals surface area (Å²) in [5.41, 5.74) is 0.973. The Kier molecular flexibility index (Phi) is 7.44. The third kappa shape index (κ3) is 5.43. The van der Waals surface area contributed by atoms with Gasteiger partial charge in [-0.25, -0.2) is 0 Å². The van der Waals surface area contributed by atoms with Gasteiger partial charge in [0.2, 0.25) is 11.6 Å². The Balaban J connectivity index is 1.15. The van der Waals surface area contributed by atoms with Gasteiger partial charge < -0.3 is 9.47 Å². The highest BCUT2D eigenvalue weighted by atomic mass is 16.5. The SMILES string of the molecule is O=C(CCCCCCC(=O)OC1=CC(=O)c2ccccc2C1=O)OC1=CC(=O)c2ccccc2C1=O. The molecule has 182 valence electrons. The van der Waals surface area contributed by atoms with Gasteiger partial charge in [0.25, 0.3) is 0 Å². The van der Waals surface area contributed by atoms with Crippen LogP contribution in [0.5, 0.6) is 0 Å². The van der Waals surface area contributed by atoms with E-state index in [4.69, 9.17) is 9.47 Å². The van der Waals surface area contributed by atoms with E-state index in [0.717, 1.165) is 12.2 Å². The Morgan fingerprint density at radius 2 is 0.889 bits per heavy atom. The normalized spacial score (nSPS) is 14.4. The molecule has 0 spiro atoms. The summed E-state index contributed by atoms with van der Waals surface area (Å²) in [4.78, 5) is 73.4. The molecule has 0 radical (unpaired) electrons. The maximum atomic E-state index is 12.4. The second-order valence-corrected chi connectivity index (χ2v) is 8.36. The van der Waals surface area contributed by atoms with Crippen molar-refractivity contribution in [2.45, 2.75) is 38.5 Å². The van der Waals surface area contributed by atoms with Crippen molar-refractivity contribution in [2.75, 3.05) is 0 Å². The highest BCUT2D eigenvalue weighted by Gasteiger charge is 2.29. The van der Waals surface area contributed by atoms with Crippen LogP contribution in [-0.2, 0) is 19.1 Å². The summed E-state index contributed by atoms with van der Waals surface area (Å²) in [5, 5.41) is 0. The Hall–Kier alpha value is -4.46. The minimum Gasteiger partial charge on any atom is -0.422 e.